The van der Waals surface area contributed by atoms with Crippen LogP contribution in [0.2, 0.25) is 0 Å². The van der Waals surface area contributed by atoms with Crippen molar-refractivity contribution in [3.63, 3.8) is 0 Å². The first-order valence-corrected chi connectivity index (χ1v) is 6.85. The number of nitrogens with one attached hydrogen (secondary N) is 2. The van der Waals surface area contributed by atoms with E-state index in [2.05, 4.69) is 10.6 Å². The lowest BCUT2D eigenvalue weighted by molar-refractivity contribution is -0.128. The van der Waals surface area contributed by atoms with Gasteiger partial charge in [0, 0.05) is 45.1 Å². The van der Waals surface area contributed by atoms with E-state index in [4.69, 9.17) is 4.74 Å². The van der Waals surface area contributed by atoms with Crippen molar-refractivity contribution in [2.45, 2.75) is 46.1 Å². The lowest BCUT2D eigenvalue weighted by atomic mass is 9.96. The van der Waals surface area contributed by atoms with Crippen molar-refractivity contribution in [2.24, 2.45) is 5.41 Å². The summed E-state index contributed by atoms with van der Waals surface area (Å²) in [5.74, 6) is -0.283. The van der Waals surface area contributed by atoms with Crippen LogP contribution in [0.5, 0.6) is 0 Å². The van der Waals surface area contributed by atoms with Crippen LogP contribution < -0.4 is 10.6 Å². The summed E-state index contributed by atoms with van der Waals surface area (Å²) in [7, 11) is 1.56. The fourth-order valence-corrected chi connectivity index (χ4v) is 1.34. The number of carbonyl (C=O) groups excluding carboxylic acids is 2. The molecule has 0 rings (SSSR count). The van der Waals surface area contributed by atoms with Gasteiger partial charge >= 0.3 is 0 Å². The highest BCUT2D eigenvalue weighted by molar-refractivity contribution is 5.82. The lowest BCUT2D eigenvalue weighted by Gasteiger charge is -2.23. The van der Waals surface area contributed by atoms with Crippen molar-refractivity contribution in [2.75, 3.05) is 26.8 Å². The molecule has 0 aromatic carbocycles. The molecule has 0 fully saturated rings. The van der Waals surface area contributed by atoms with E-state index in [-0.39, 0.29) is 24.8 Å². The van der Waals surface area contributed by atoms with Crippen LogP contribution in [0.4, 0.5) is 0 Å². The first-order valence-electron chi connectivity index (χ1n) is 6.85. The van der Waals surface area contributed by atoms with Crippen LogP contribution in [0.25, 0.3) is 0 Å². The van der Waals surface area contributed by atoms with Crippen molar-refractivity contribution in [1.82, 2.24) is 10.6 Å². The normalized spacial score (nSPS) is 14.5. The molecule has 1 unspecified atom stereocenters. The summed E-state index contributed by atoms with van der Waals surface area (Å²) in [6, 6.07) is 0. The molecule has 118 valence electrons. The van der Waals surface area contributed by atoms with Gasteiger partial charge in [0.15, 0.2) is 0 Å². The van der Waals surface area contributed by atoms with E-state index in [0.717, 1.165) is 0 Å². The van der Waals surface area contributed by atoms with Crippen molar-refractivity contribution in [1.29, 1.82) is 0 Å². The molecule has 0 aromatic heterocycles. The monoisotopic (exact) mass is 288 g/mol. The summed E-state index contributed by atoms with van der Waals surface area (Å²) in [5.41, 5.74) is -1.44. The van der Waals surface area contributed by atoms with E-state index in [0.29, 0.717) is 19.6 Å². The third-order valence-corrected chi connectivity index (χ3v) is 2.83. The zero-order valence-electron chi connectivity index (χ0n) is 13.2. The Morgan fingerprint density at radius 3 is 2.25 bits per heavy atom. The number of rotatable bonds is 8. The van der Waals surface area contributed by atoms with E-state index < -0.39 is 11.0 Å². The molecule has 6 heteroatoms. The number of hydrogen-bond acceptors (Lipinski definition) is 4. The Hall–Kier alpha value is -1.14. The van der Waals surface area contributed by atoms with Crippen LogP contribution in [-0.2, 0) is 14.3 Å². The van der Waals surface area contributed by atoms with Gasteiger partial charge in [-0.2, -0.15) is 0 Å². The fraction of sp³-hybridized carbons (Fsp3) is 0.857. The van der Waals surface area contributed by atoms with Gasteiger partial charge in [-0.05, 0) is 6.92 Å². The molecular weight excluding hydrogens is 260 g/mol. The van der Waals surface area contributed by atoms with Crippen LogP contribution in [-0.4, -0.2) is 49.3 Å². The lowest BCUT2D eigenvalue weighted by Crippen LogP contribution is -2.42. The summed E-state index contributed by atoms with van der Waals surface area (Å²) in [5, 5.41) is 15.3. The maximum Gasteiger partial charge on any atom is 0.225 e. The Bertz CT molecular complexity index is 322. The number of ether oxygens (including phenoxy) is 1. The van der Waals surface area contributed by atoms with Gasteiger partial charge in [0.2, 0.25) is 11.8 Å². The Balaban J connectivity index is 3.87. The molecule has 0 aliphatic rings. The molecule has 3 N–H and O–H groups in total. The second-order valence-corrected chi connectivity index (χ2v) is 6.27. The van der Waals surface area contributed by atoms with Gasteiger partial charge in [-0.25, -0.2) is 0 Å². The molecule has 2 amide bonds. The Kier molecular flexibility index (Phi) is 7.75. The predicted octanol–water partition coefficient (Wildman–Crippen LogP) is 0.443. The second kappa shape index (κ2) is 8.21. The highest BCUT2D eigenvalue weighted by atomic mass is 16.5. The molecule has 0 aromatic rings. The average molecular weight is 288 g/mol. The van der Waals surface area contributed by atoms with Gasteiger partial charge in [0.25, 0.3) is 0 Å². The predicted molar refractivity (Wildman–Crippen MR) is 77.2 cm³/mol. The molecule has 0 radical (unpaired) electrons. The smallest absolute Gasteiger partial charge is 0.225 e. The molecule has 0 heterocycles. The summed E-state index contributed by atoms with van der Waals surface area (Å²) in [4.78, 5) is 23.2. The number of amides is 2. The Morgan fingerprint density at radius 1 is 1.15 bits per heavy atom. The zero-order valence-corrected chi connectivity index (χ0v) is 13.2. The Labute approximate surface area is 121 Å². The topological polar surface area (TPSA) is 87.7 Å². The first-order chi connectivity index (χ1) is 9.08. The van der Waals surface area contributed by atoms with Gasteiger partial charge in [0.05, 0.1) is 5.60 Å². The average Bonchev–Trinajstić information content (AvgIpc) is 2.33. The van der Waals surface area contributed by atoms with E-state index in [1.165, 1.54) is 0 Å². The van der Waals surface area contributed by atoms with Crippen LogP contribution in [0.15, 0.2) is 0 Å². The van der Waals surface area contributed by atoms with Gasteiger partial charge < -0.3 is 20.5 Å². The van der Waals surface area contributed by atoms with Crippen LogP contribution in [0.3, 0.4) is 0 Å². The molecule has 0 aliphatic heterocycles. The zero-order chi connectivity index (χ0) is 15.8. The summed E-state index contributed by atoms with van der Waals surface area (Å²) in [6.07, 6.45) is 0.646. The highest BCUT2D eigenvalue weighted by Crippen LogP contribution is 2.12. The second-order valence-electron chi connectivity index (χ2n) is 6.27. The van der Waals surface area contributed by atoms with E-state index in [1.54, 1.807) is 14.0 Å². The minimum atomic E-state index is -0.986. The SMILES string of the molecule is COCCC(C)(O)CNC(=O)CCNC(=O)C(C)(C)C. The summed E-state index contributed by atoms with van der Waals surface area (Å²) < 4.78 is 4.89. The van der Waals surface area contributed by atoms with Crippen molar-refractivity contribution in [3.05, 3.63) is 0 Å². The highest BCUT2D eigenvalue weighted by Gasteiger charge is 2.22. The van der Waals surface area contributed by atoms with Crippen molar-refractivity contribution >= 4 is 11.8 Å². The Morgan fingerprint density at radius 2 is 1.75 bits per heavy atom. The minimum Gasteiger partial charge on any atom is -0.388 e. The van der Waals surface area contributed by atoms with Crippen LogP contribution in [0, 0.1) is 5.41 Å². The minimum absolute atomic E-state index is 0.0857. The van der Waals surface area contributed by atoms with Gasteiger partial charge in [0.1, 0.15) is 0 Å². The van der Waals surface area contributed by atoms with Crippen molar-refractivity contribution < 1.29 is 19.4 Å². The van der Waals surface area contributed by atoms with Crippen LogP contribution >= 0.6 is 0 Å². The molecular formula is C14H28N2O4. The summed E-state index contributed by atoms with van der Waals surface area (Å²) in [6.45, 7) is 7.99. The molecule has 6 nitrogen and oxygen atoms in total. The third kappa shape index (κ3) is 8.87. The largest absolute Gasteiger partial charge is 0.388 e. The van der Waals surface area contributed by atoms with Gasteiger partial charge in [-0.3, -0.25) is 9.59 Å². The fourth-order valence-electron chi connectivity index (χ4n) is 1.34. The number of hydrogen-bond donors (Lipinski definition) is 3. The standard InChI is InChI=1S/C14H28N2O4/c1-13(2,3)12(18)15-8-6-11(17)16-10-14(4,19)7-9-20-5/h19H,6-10H2,1-5H3,(H,15,18)(H,16,17). The molecule has 0 spiro atoms. The van der Waals surface area contributed by atoms with Gasteiger partial charge in [-0.1, -0.05) is 20.8 Å². The number of methoxy groups -OCH3 is 1. The molecule has 0 bridgehead atoms. The number of carbonyl (C=O) groups is 2. The maximum atomic E-state index is 11.6. The molecule has 1 atom stereocenters. The van der Waals surface area contributed by atoms with E-state index in [1.807, 2.05) is 20.8 Å². The summed E-state index contributed by atoms with van der Waals surface area (Å²) >= 11 is 0. The molecule has 0 saturated heterocycles. The van der Waals surface area contributed by atoms with Crippen LogP contribution in [0.1, 0.15) is 40.5 Å². The van der Waals surface area contributed by atoms with E-state index >= 15 is 0 Å². The quantitative estimate of drug-likeness (QED) is 0.605. The van der Waals surface area contributed by atoms with Crippen molar-refractivity contribution in [3.8, 4) is 0 Å². The molecule has 20 heavy (non-hydrogen) atoms. The van der Waals surface area contributed by atoms with Gasteiger partial charge in [-0.15, -0.1) is 0 Å². The molecule has 0 aliphatic carbocycles. The van der Waals surface area contributed by atoms with E-state index in [9.17, 15) is 14.7 Å². The number of aliphatic hydroxyl groups is 1. The maximum absolute atomic E-state index is 11.6. The third-order valence-electron chi connectivity index (χ3n) is 2.83. The molecule has 0 saturated carbocycles. The first kappa shape index (κ1) is 18.9.